The van der Waals surface area contributed by atoms with Crippen molar-refractivity contribution in [1.82, 2.24) is 0 Å². The van der Waals surface area contributed by atoms with E-state index >= 15 is 0 Å². The molecule has 0 heterocycles. The molecule has 0 amide bonds. The van der Waals surface area contributed by atoms with Gasteiger partial charge in [0.15, 0.2) is 0 Å². The maximum atomic E-state index is 10.6. The summed E-state index contributed by atoms with van der Waals surface area (Å²) in [6.07, 6.45) is 10.1. The SMILES string of the molecule is O=C(Cl)CCCCCCCCCc1ccc2ccccc2c1. The first-order valence-corrected chi connectivity index (χ1v) is 8.79. The highest BCUT2D eigenvalue weighted by Gasteiger charge is 1.98. The number of carbonyl (C=O) groups excluding carboxylic acids is 1. The van der Waals surface area contributed by atoms with Gasteiger partial charge in [-0.1, -0.05) is 74.6 Å². The summed E-state index contributed by atoms with van der Waals surface area (Å²) in [5.41, 5.74) is 1.44. The minimum absolute atomic E-state index is 0.199. The summed E-state index contributed by atoms with van der Waals surface area (Å²) >= 11 is 5.31. The van der Waals surface area contributed by atoms with Gasteiger partial charge in [-0.2, -0.15) is 0 Å². The third kappa shape index (κ3) is 6.19. The van der Waals surface area contributed by atoms with Crippen molar-refractivity contribution in [2.75, 3.05) is 0 Å². The molecule has 0 aliphatic carbocycles. The molecule has 0 N–H and O–H groups in total. The summed E-state index contributed by atoms with van der Waals surface area (Å²) in [6.45, 7) is 0. The molecular formula is C20H25ClO. The molecular weight excluding hydrogens is 292 g/mol. The Morgan fingerprint density at radius 2 is 1.41 bits per heavy atom. The van der Waals surface area contributed by atoms with Crippen molar-refractivity contribution in [3.05, 3.63) is 48.0 Å². The normalized spacial score (nSPS) is 11.0. The summed E-state index contributed by atoms with van der Waals surface area (Å²) in [5.74, 6) is 0. The molecule has 0 aliphatic heterocycles. The predicted octanol–water partition coefficient (Wildman–Crippen LogP) is 6.27. The number of unbranched alkanes of at least 4 members (excludes halogenated alkanes) is 6. The molecule has 0 spiro atoms. The molecule has 118 valence electrons. The smallest absolute Gasteiger partial charge is 0.221 e. The van der Waals surface area contributed by atoms with Gasteiger partial charge >= 0.3 is 0 Å². The van der Waals surface area contributed by atoms with E-state index in [9.17, 15) is 4.79 Å². The van der Waals surface area contributed by atoms with Gasteiger partial charge in [-0.25, -0.2) is 0 Å². The summed E-state index contributed by atoms with van der Waals surface area (Å²) < 4.78 is 0. The lowest BCUT2D eigenvalue weighted by Gasteiger charge is -2.04. The van der Waals surface area contributed by atoms with Crippen LogP contribution in [0.15, 0.2) is 42.5 Å². The van der Waals surface area contributed by atoms with Crippen molar-refractivity contribution in [2.24, 2.45) is 0 Å². The summed E-state index contributed by atoms with van der Waals surface area (Å²) in [7, 11) is 0. The molecule has 0 aromatic heterocycles. The zero-order valence-corrected chi connectivity index (χ0v) is 13.9. The molecule has 0 aliphatic rings. The number of carbonyl (C=O) groups is 1. The molecule has 0 unspecified atom stereocenters. The number of hydrogen-bond acceptors (Lipinski definition) is 1. The summed E-state index contributed by atoms with van der Waals surface area (Å²) in [4.78, 5) is 10.6. The molecule has 2 aromatic carbocycles. The Balaban J connectivity index is 1.57. The van der Waals surface area contributed by atoms with Crippen LogP contribution < -0.4 is 0 Å². The van der Waals surface area contributed by atoms with Gasteiger partial charge in [0.2, 0.25) is 5.24 Å². The topological polar surface area (TPSA) is 17.1 Å². The molecule has 22 heavy (non-hydrogen) atoms. The van der Waals surface area contributed by atoms with Crippen molar-refractivity contribution in [3.63, 3.8) is 0 Å². The fourth-order valence-electron chi connectivity index (χ4n) is 2.87. The Hall–Kier alpha value is -1.34. The molecule has 2 aromatic rings. The van der Waals surface area contributed by atoms with Crippen LogP contribution in [0.3, 0.4) is 0 Å². The Morgan fingerprint density at radius 3 is 2.14 bits per heavy atom. The zero-order valence-electron chi connectivity index (χ0n) is 13.2. The van der Waals surface area contributed by atoms with Gasteiger partial charge in [-0.3, -0.25) is 4.79 Å². The monoisotopic (exact) mass is 316 g/mol. The minimum Gasteiger partial charge on any atom is -0.281 e. The van der Waals surface area contributed by atoms with Crippen molar-refractivity contribution in [3.8, 4) is 0 Å². The highest BCUT2D eigenvalue weighted by Crippen LogP contribution is 2.18. The van der Waals surface area contributed by atoms with E-state index in [4.69, 9.17) is 11.6 Å². The average Bonchev–Trinajstić information content (AvgIpc) is 2.53. The van der Waals surface area contributed by atoms with Crippen LogP contribution in [0.1, 0.15) is 56.9 Å². The van der Waals surface area contributed by atoms with Gasteiger partial charge in [0.05, 0.1) is 0 Å². The first kappa shape index (κ1) is 17.0. The van der Waals surface area contributed by atoms with Crippen molar-refractivity contribution in [1.29, 1.82) is 0 Å². The summed E-state index contributed by atoms with van der Waals surface area (Å²) in [5, 5.41) is 2.46. The molecule has 0 bridgehead atoms. The fourth-order valence-corrected chi connectivity index (χ4v) is 3.00. The van der Waals surface area contributed by atoms with Gasteiger partial charge in [-0.05, 0) is 47.2 Å². The fraction of sp³-hybridized carbons (Fsp3) is 0.450. The second-order valence-electron chi connectivity index (χ2n) is 6.01. The summed E-state index contributed by atoms with van der Waals surface area (Å²) in [6, 6.07) is 15.3. The highest BCUT2D eigenvalue weighted by atomic mass is 35.5. The van der Waals surface area contributed by atoms with E-state index in [0.717, 1.165) is 12.8 Å². The van der Waals surface area contributed by atoms with E-state index in [-0.39, 0.29) is 5.24 Å². The van der Waals surface area contributed by atoms with Gasteiger partial charge < -0.3 is 0 Å². The third-order valence-electron chi connectivity index (χ3n) is 4.15. The molecule has 0 saturated carbocycles. The Labute approximate surface area is 138 Å². The lowest BCUT2D eigenvalue weighted by atomic mass is 10.0. The molecule has 1 nitrogen and oxygen atoms in total. The van der Waals surface area contributed by atoms with Gasteiger partial charge in [0, 0.05) is 6.42 Å². The van der Waals surface area contributed by atoms with E-state index in [1.165, 1.54) is 54.9 Å². The lowest BCUT2D eigenvalue weighted by molar-refractivity contribution is -0.111. The predicted molar refractivity (Wildman–Crippen MR) is 95.4 cm³/mol. The maximum Gasteiger partial charge on any atom is 0.221 e. The third-order valence-corrected chi connectivity index (χ3v) is 4.34. The molecule has 0 radical (unpaired) electrons. The Morgan fingerprint density at radius 1 is 0.773 bits per heavy atom. The Kier molecular flexibility index (Phi) is 7.45. The standard InChI is InChI=1S/C20H25ClO/c21-20(22)13-7-5-3-1-2-4-6-10-17-14-15-18-11-8-9-12-19(18)16-17/h8-9,11-12,14-16H,1-7,10,13H2. The molecule has 2 heteroatoms. The molecule has 0 fully saturated rings. The average molecular weight is 317 g/mol. The number of benzene rings is 2. The molecule has 0 atom stereocenters. The van der Waals surface area contributed by atoms with Crippen molar-refractivity contribution < 1.29 is 4.79 Å². The van der Waals surface area contributed by atoms with Crippen molar-refractivity contribution in [2.45, 2.75) is 57.8 Å². The lowest BCUT2D eigenvalue weighted by Crippen LogP contribution is -1.88. The number of hydrogen-bond donors (Lipinski definition) is 0. The second-order valence-corrected chi connectivity index (χ2v) is 6.43. The van der Waals surface area contributed by atoms with Crippen LogP contribution in [-0.2, 0) is 11.2 Å². The van der Waals surface area contributed by atoms with Crippen LogP contribution >= 0.6 is 11.6 Å². The van der Waals surface area contributed by atoms with Crippen LogP contribution in [0.25, 0.3) is 10.8 Å². The van der Waals surface area contributed by atoms with Crippen LogP contribution in [0.5, 0.6) is 0 Å². The van der Waals surface area contributed by atoms with Gasteiger partial charge in [-0.15, -0.1) is 0 Å². The first-order chi connectivity index (χ1) is 10.8. The van der Waals surface area contributed by atoms with E-state index in [1.807, 2.05) is 0 Å². The number of rotatable bonds is 10. The molecule has 0 saturated heterocycles. The van der Waals surface area contributed by atoms with Gasteiger partial charge in [0.25, 0.3) is 0 Å². The molecule has 2 rings (SSSR count). The van der Waals surface area contributed by atoms with Crippen LogP contribution in [0.4, 0.5) is 0 Å². The van der Waals surface area contributed by atoms with E-state index in [0.29, 0.717) is 6.42 Å². The number of aryl methyl sites for hydroxylation is 1. The zero-order chi connectivity index (χ0) is 15.6. The van der Waals surface area contributed by atoms with E-state index in [2.05, 4.69) is 42.5 Å². The van der Waals surface area contributed by atoms with Crippen LogP contribution in [0, 0.1) is 0 Å². The number of halogens is 1. The van der Waals surface area contributed by atoms with Gasteiger partial charge in [0.1, 0.15) is 0 Å². The van der Waals surface area contributed by atoms with Crippen LogP contribution in [0.2, 0.25) is 0 Å². The van der Waals surface area contributed by atoms with E-state index in [1.54, 1.807) is 0 Å². The largest absolute Gasteiger partial charge is 0.281 e. The van der Waals surface area contributed by atoms with Crippen molar-refractivity contribution >= 4 is 27.6 Å². The second kappa shape index (κ2) is 9.63. The maximum absolute atomic E-state index is 10.6. The Bertz CT molecular complexity index is 591. The first-order valence-electron chi connectivity index (χ1n) is 8.42. The van der Waals surface area contributed by atoms with Crippen LogP contribution in [-0.4, -0.2) is 5.24 Å². The quantitative estimate of drug-likeness (QED) is 0.373. The number of fused-ring (bicyclic) bond motifs is 1. The van der Waals surface area contributed by atoms with E-state index < -0.39 is 0 Å². The highest BCUT2D eigenvalue weighted by molar-refractivity contribution is 6.63. The minimum atomic E-state index is -0.199.